The van der Waals surface area contributed by atoms with Crippen molar-refractivity contribution in [3.8, 4) is 11.4 Å². The summed E-state index contributed by atoms with van der Waals surface area (Å²) >= 11 is 0. The Morgan fingerprint density at radius 2 is 0.682 bits per heavy atom. The second-order valence-electron chi connectivity index (χ2n) is 11.2. The fourth-order valence-corrected chi connectivity index (χ4v) is 6.47. The Kier molecular flexibility index (Phi) is 5.47. The van der Waals surface area contributed by atoms with Crippen LogP contribution in [0.5, 0.6) is 0 Å². The first-order valence-electron chi connectivity index (χ1n) is 14.8. The van der Waals surface area contributed by atoms with Gasteiger partial charge >= 0.3 is 0 Å². The van der Waals surface area contributed by atoms with Crippen LogP contribution >= 0.6 is 0 Å². The molecular formula is C40H26N4. The summed E-state index contributed by atoms with van der Waals surface area (Å²) < 4.78 is 4.61. The van der Waals surface area contributed by atoms with Crippen LogP contribution in [0.1, 0.15) is 22.8 Å². The van der Waals surface area contributed by atoms with Crippen LogP contribution in [0.15, 0.2) is 133 Å². The van der Waals surface area contributed by atoms with E-state index in [4.69, 9.17) is 9.97 Å². The number of benzene rings is 4. The van der Waals surface area contributed by atoms with Gasteiger partial charge in [0.1, 0.15) is 0 Å². The van der Waals surface area contributed by atoms with Gasteiger partial charge in [-0.05, 0) is 95.7 Å². The van der Waals surface area contributed by atoms with E-state index in [0.29, 0.717) is 0 Å². The van der Waals surface area contributed by atoms with E-state index in [1.807, 2.05) is 0 Å². The molecule has 44 heavy (non-hydrogen) atoms. The molecule has 0 saturated carbocycles. The molecule has 3 aromatic heterocycles. The van der Waals surface area contributed by atoms with Gasteiger partial charge in [-0.15, -0.1) is 0 Å². The number of rotatable bonds is 2. The maximum Gasteiger partial charge on any atom is 0.0658 e. The van der Waals surface area contributed by atoms with Gasteiger partial charge in [0.05, 0.1) is 34.2 Å². The molecule has 0 spiro atoms. The van der Waals surface area contributed by atoms with Crippen LogP contribution < -0.4 is 0 Å². The minimum atomic E-state index is 0.915. The second kappa shape index (κ2) is 9.79. The van der Waals surface area contributed by atoms with Crippen molar-refractivity contribution in [2.75, 3.05) is 0 Å². The van der Waals surface area contributed by atoms with Crippen molar-refractivity contribution in [3.63, 3.8) is 0 Å². The summed E-state index contributed by atoms with van der Waals surface area (Å²) in [5.41, 5.74) is 10.2. The lowest BCUT2D eigenvalue weighted by atomic mass is 10.1. The zero-order valence-corrected chi connectivity index (χ0v) is 23.8. The van der Waals surface area contributed by atoms with Crippen molar-refractivity contribution < 1.29 is 0 Å². The van der Waals surface area contributed by atoms with Gasteiger partial charge in [0.25, 0.3) is 0 Å². The first-order valence-corrected chi connectivity index (χ1v) is 14.8. The Balaban J connectivity index is 1.37. The summed E-state index contributed by atoms with van der Waals surface area (Å²) in [5, 5.41) is 4.81. The van der Waals surface area contributed by atoms with E-state index < -0.39 is 0 Å². The Morgan fingerprint density at radius 1 is 0.341 bits per heavy atom. The molecule has 9 rings (SSSR count). The van der Waals surface area contributed by atoms with E-state index in [0.717, 1.165) is 56.2 Å². The molecule has 0 radical (unpaired) electrons. The van der Waals surface area contributed by atoms with Crippen LogP contribution in [0.2, 0.25) is 0 Å². The van der Waals surface area contributed by atoms with E-state index in [9.17, 15) is 0 Å². The summed E-state index contributed by atoms with van der Waals surface area (Å²) in [5.74, 6) is 0. The summed E-state index contributed by atoms with van der Waals surface area (Å²) in [7, 11) is 0. The number of nitrogens with zero attached hydrogens (tertiary/aromatic N) is 4. The highest BCUT2D eigenvalue weighted by Gasteiger charge is 2.11. The lowest BCUT2D eigenvalue weighted by molar-refractivity contribution is 1.18. The molecule has 2 aliphatic rings. The van der Waals surface area contributed by atoms with Crippen LogP contribution in [0.3, 0.4) is 0 Å². The van der Waals surface area contributed by atoms with E-state index >= 15 is 0 Å². The maximum atomic E-state index is 5.04. The molecule has 206 valence electrons. The molecule has 4 nitrogen and oxygen atoms in total. The molecule has 4 heteroatoms. The number of aromatic nitrogens is 4. The van der Waals surface area contributed by atoms with Crippen LogP contribution in [-0.2, 0) is 0 Å². The van der Waals surface area contributed by atoms with Gasteiger partial charge in [-0.1, -0.05) is 72.8 Å². The Labute approximate surface area is 254 Å². The summed E-state index contributed by atoms with van der Waals surface area (Å²) in [4.78, 5) is 10.1. The molecule has 0 aliphatic carbocycles. The van der Waals surface area contributed by atoms with Crippen molar-refractivity contribution in [1.82, 2.24) is 19.1 Å². The molecule has 0 fully saturated rings. The molecule has 7 aromatic rings. The van der Waals surface area contributed by atoms with Gasteiger partial charge in [-0.25, -0.2) is 9.97 Å². The van der Waals surface area contributed by atoms with Gasteiger partial charge in [0.15, 0.2) is 0 Å². The quantitative estimate of drug-likeness (QED) is 0.210. The molecule has 5 heterocycles. The van der Waals surface area contributed by atoms with E-state index in [2.05, 4.69) is 167 Å². The highest BCUT2D eigenvalue weighted by molar-refractivity contribution is 5.94. The predicted octanol–water partition coefficient (Wildman–Crippen LogP) is 9.89. The third-order valence-corrected chi connectivity index (χ3v) is 8.45. The lowest BCUT2D eigenvalue weighted by Gasteiger charge is -2.11. The highest BCUT2D eigenvalue weighted by Crippen LogP contribution is 2.30. The minimum Gasteiger partial charge on any atom is -0.310 e. The Hall–Kier alpha value is -6.00. The smallest absolute Gasteiger partial charge is 0.0658 e. The highest BCUT2D eigenvalue weighted by atomic mass is 15.0. The summed E-state index contributed by atoms with van der Waals surface area (Å²) in [6.07, 6.45) is 8.38. The number of fused-ring (bicyclic) bond motifs is 10. The van der Waals surface area contributed by atoms with Crippen molar-refractivity contribution in [2.24, 2.45) is 0 Å². The molecule has 0 unspecified atom stereocenters. The third kappa shape index (κ3) is 4.08. The molecule has 8 bridgehead atoms. The molecule has 4 aromatic carbocycles. The average Bonchev–Trinajstić information content (AvgIpc) is 3.86. The van der Waals surface area contributed by atoms with Crippen LogP contribution in [0.4, 0.5) is 0 Å². The van der Waals surface area contributed by atoms with Gasteiger partial charge < -0.3 is 9.13 Å². The molecule has 0 atom stereocenters. The third-order valence-electron chi connectivity index (χ3n) is 8.45. The number of hydrogen-bond donors (Lipinski definition) is 0. The van der Waals surface area contributed by atoms with E-state index in [-0.39, 0.29) is 0 Å². The summed E-state index contributed by atoms with van der Waals surface area (Å²) in [6, 6.07) is 47.3. The van der Waals surface area contributed by atoms with Gasteiger partial charge in [0.2, 0.25) is 0 Å². The SMILES string of the molecule is C1=Cc2cc3ccc(cc4nc(cc5ccc(cc1n2)n5-c1cccc2ccccc12)C=C4)n3-c1cccc2ccccc12. The monoisotopic (exact) mass is 562 g/mol. The first-order chi connectivity index (χ1) is 21.8. The fraction of sp³-hybridized carbons (Fsp3) is 0. The molecular weight excluding hydrogens is 536 g/mol. The maximum absolute atomic E-state index is 5.04. The van der Waals surface area contributed by atoms with E-state index in [1.165, 1.54) is 21.5 Å². The van der Waals surface area contributed by atoms with Crippen molar-refractivity contribution in [2.45, 2.75) is 0 Å². The van der Waals surface area contributed by atoms with Gasteiger partial charge in [-0.2, -0.15) is 0 Å². The van der Waals surface area contributed by atoms with Crippen molar-refractivity contribution in [3.05, 3.63) is 156 Å². The minimum absolute atomic E-state index is 0.915. The second-order valence-corrected chi connectivity index (χ2v) is 11.2. The van der Waals surface area contributed by atoms with E-state index in [1.54, 1.807) is 0 Å². The van der Waals surface area contributed by atoms with Crippen molar-refractivity contribution in [1.29, 1.82) is 0 Å². The standard InChI is InChI=1S/C40H26N4/c1-3-11-37-27(7-1)9-5-13-39(37)43-33-19-20-34(43)24-30-16-18-32(42-30)26-36-22-21-35(25-31-17-15-29(23-33)41-31)44(36)40-14-6-10-28-8-2-4-12-38(28)40/h1-26H. The number of hydrogen-bond acceptors (Lipinski definition) is 2. The molecule has 2 aliphatic heterocycles. The zero-order chi connectivity index (χ0) is 29.0. The predicted molar refractivity (Wildman–Crippen MR) is 184 cm³/mol. The first kappa shape index (κ1) is 24.6. The van der Waals surface area contributed by atoms with Crippen LogP contribution in [0, 0.1) is 0 Å². The summed E-state index contributed by atoms with van der Waals surface area (Å²) in [6.45, 7) is 0. The Bertz CT molecular complexity index is 2230. The average molecular weight is 563 g/mol. The van der Waals surface area contributed by atoms with Crippen LogP contribution in [-0.4, -0.2) is 19.1 Å². The molecule has 0 saturated heterocycles. The fourth-order valence-electron chi connectivity index (χ4n) is 6.47. The van der Waals surface area contributed by atoms with Gasteiger partial charge in [0, 0.05) is 32.8 Å². The Morgan fingerprint density at radius 3 is 1.07 bits per heavy atom. The van der Waals surface area contributed by atoms with Crippen LogP contribution in [0.25, 0.3) is 79.3 Å². The normalized spacial score (nSPS) is 12.4. The zero-order valence-electron chi connectivity index (χ0n) is 23.8. The molecule has 0 amide bonds. The molecule has 0 N–H and O–H groups in total. The largest absolute Gasteiger partial charge is 0.310 e. The van der Waals surface area contributed by atoms with Gasteiger partial charge in [-0.3, -0.25) is 0 Å². The van der Waals surface area contributed by atoms with Crippen molar-refractivity contribution >= 4 is 67.9 Å². The topological polar surface area (TPSA) is 35.6 Å². The lowest BCUT2D eigenvalue weighted by Crippen LogP contribution is -1.95.